The number of sulfonamides is 1. The lowest BCUT2D eigenvalue weighted by Gasteiger charge is -2.21. The van der Waals surface area contributed by atoms with Gasteiger partial charge >= 0.3 is 0 Å². The monoisotopic (exact) mass is 305 g/mol. The van der Waals surface area contributed by atoms with Crippen molar-refractivity contribution >= 4 is 21.8 Å². The smallest absolute Gasteiger partial charge is 0.243 e. The molecular weight excluding hydrogens is 286 g/mol. The van der Waals surface area contributed by atoms with E-state index >= 15 is 0 Å². The number of nitrogens with one attached hydrogen (secondary N) is 1. The van der Waals surface area contributed by atoms with Crippen LogP contribution in [0.2, 0.25) is 0 Å². The van der Waals surface area contributed by atoms with Gasteiger partial charge in [-0.05, 0) is 25.0 Å². The first-order valence-electron chi connectivity index (χ1n) is 6.35. The second-order valence-corrected chi connectivity index (χ2v) is 7.42. The van der Waals surface area contributed by atoms with Crippen LogP contribution < -0.4 is 4.72 Å². The maximum absolute atomic E-state index is 12.2. The van der Waals surface area contributed by atoms with Gasteiger partial charge in [-0.1, -0.05) is 0 Å². The molecule has 8 heteroatoms. The molecule has 2 heterocycles. The molecule has 0 aromatic carbocycles. The van der Waals surface area contributed by atoms with Crippen molar-refractivity contribution in [3.8, 4) is 0 Å². The van der Waals surface area contributed by atoms with Gasteiger partial charge in [-0.3, -0.25) is 4.68 Å². The van der Waals surface area contributed by atoms with Crippen LogP contribution in [0.3, 0.4) is 0 Å². The second kappa shape index (κ2) is 6.74. The summed E-state index contributed by atoms with van der Waals surface area (Å²) in [6.45, 7) is 0.588. The maximum Gasteiger partial charge on any atom is 0.243 e. The number of aliphatic hydroxyl groups excluding tert-OH is 1. The number of nitrogens with zero attached hydrogens (tertiary/aromatic N) is 2. The highest BCUT2D eigenvalue weighted by molar-refractivity contribution is 7.99. The largest absolute Gasteiger partial charge is 0.396 e. The normalized spacial score (nSPS) is 20.6. The van der Waals surface area contributed by atoms with Crippen LogP contribution >= 0.6 is 11.8 Å². The third-order valence-corrected chi connectivity index (χ3v) is 5.64. The summed E-state index contributed by atoms with van der Waals surface area (Å²) in [7, 11) is -3.47. The quantitative estimate of drug-likeness (QED) is 0.797. The van der Waals surface area contributed by atoms with Crippen molar-refractivity contribution in [1.29, 1.82) is 0 Å². The van der Waals surface area contributed by atoms with Crippen LogP contribution in [0.4, 0.5) is 0 Å². The van der Waals surface area contributed by atoms with E-state index in [0.717, 1.165) is 24.3 Å². The van der Waals surface area contributed by atoms with Gasteiger partial charge in [0, 0.05) is 31.1 Å². The molecule has 2 N–H and O–H groups in total. The molecule has 1 saturated heterocycles. The standard InChI is InChI=1S/C11H19N3O3S2/c15-5-2-4-14-8-11(7-12-14)19(16,17)13-10-3-1-6-18-9-10/h7-8,10,13,15H,1-6,9H2. The van der Waals surface area contributed by atoms with Crippen molar-refractivity contribution in [1.82, 2.24) is 14.5 Å². The summed E-state index contributed by atoms with van der Waals surface area (Å²) in [5, 5.41) is 12.7. The van der Waals surface area contributed by atoms with Gasteiger partial charge in [0.15, 0.2) is 0 Å². The van der Waals surface area contributed by atoms with E-state index in [4.69, 9.17) is 5.11 Å². The Morgan fingerprint density at radius 1 is 1.58 bits per heavy atom. The number of rotatable bonds is 6. The van der Waals surface area contributed by atoms with Gasteiger partial charge < -0.3 is 5.11 Å². The van der Waals surface area contributed by atoms with Crippen molar-refractivity contribution in [2.45, 2.75) is 36.7 Å². The second-order valence-electron chi connectivity index (χ2n) is 4.55. The fourth-order valence-corrected chi connectivity index (χ4v) is 4.36. The van der Waals surface area contributed by atoms with E-state index in [1.807, 2.05) is 0 Å². The molecule has 1 aromatic heterocycles. The lowest BCUT2D eigenvalue weighted by Crippen LogP contribution is -2.38. The van der Waals surface area contributed by atoms with Crippen LogP contribution in [0.5, 0.6) is 0 Å². The fraction of sp³-hybridized carbons (Fsp3) is 0.727. The third-order valence-electron chi connectivity index (χ3n) is 2.95. The average molecular weight is 305 g/mol. The van der Waals surface area contributed by atoms with Crippen LogP contribution in [0, 0.1) is 0 Å². The Hall–Kier alpha value is -0.570. The molecule has 1 aliphatic heterocycles. The molecule has 2 rings (SSSR count). The van der Waals surface area contributed by atoms with Crippen LogP contribution in [-0.2, 0) is 16.6 Å². The van der Waals surface area contributed by atoms with E-state index in [2.05, 4.69) is 9.82 Å². The highest BCUT2D eigenvalue weighted by Crippen LogP contribution is 2.19. The molecule has 1 aromatic rings. The maximum atomic E-state index is 12.2. The minimum Gasteiger partial charge on any atom is -0.396 e. The molecule has 0 amide bonds. The van der Waals surface area contributed by atoms with Crippen molar-refractivity contribution in [3.63, 3.8) is 0 Å². The van der Waals surface area contributed by atoms with E-state index < -0.39 is 10.0 Å². The van der Waals surface area contributed by atoms with Gasteiger partial charge in [0.25, 0.3) is 0 Å². The number of hydrogen-bond acceptors (Lipinski definition) is 5. The van der Waals surface area contributed by atoms with Crippen molar-refractivity contribution < 1.29 is 13.5 Å². The van der Waals surface area contributed by atoms with Gasteiger partial charge in [0.05, 0.1) is 6.20 Å². The Labute approximate surface area is 117 Å². The van der Waals surface area contributed by atoms with Crippen molar-refractivity contribution in [3.05, 3.63) is 12.4 Å². The lowest BCUT2D eigenvalue weighted by molar-refractivity contribution is 0.277. The number of hydrogen-bond donors (Lipinski definition) is 2. The molecule has 1 fully saturated rings. The number of aromatic nitrogens is 2. The first-order chi connectivity index (χ1) is 9.12. The van der Waals surface area contributed by atoms with E-state index in [0.29, 0.717) is 13.0 Å². The van der Waals surface area contributed by atoms with E-state index in [9.17, 15) is 8.42 Å². The molecule has 0 bridgehead atoms. The van der Waals surface area contributed by atoms with Gasteiger partial charge in [-0.15, -0.1) is 0 Å². The van der Waals surface area contributed by atoms with E-state index in [1.54, 1.807) is 16.4 Å². The van der Waals surface area contributed by atoms with Crippen molar-refractivity contribution in [2.75, 3.05) is 18.1 Å². The SMILES string of the molecule is O=S(=O)(NC1CCCSC1)c1cnn(CCCO)c1. The zero-order valence-electron chi connectivity index (χ0n) is 10.7. The van der Waals surface area contributed by atoms with Crippen LogP contribution in [0.15, 0.2) is 17.3 Å². The Kier molecular flexibility index (Phi) is 5.26. The number of aryl methyl sites for hydroxylation is 1. The Morgan fingerprint density at radius 2 is 2.42 bits per heavy atom. The average Bonchev–Trinajstić information content (AvgIpc) is 2.86. The molecule has 1 aliphatic rings. The Balaban J connectivity index is 1.99. The zero-order valence-corrected chi connectivity index (χ0v) is 12.3. The van der Waals surface area contributed by atoms with Crippen LogP contribution in [-0.4, -0.2) is 47.5 Å². The molecule has 0 radical (unpaired) electrons. The van der Waals surface area contributed by atoms with Crippen LogP contribution in [0.25, 0.3) is 0 Å². The third kappa shape index (κ3) is 4.20. The van der Waals surface area contributed by atoms with Crippen molar-refractivity contribution in [2.24, 2.45) is 0 Å². The van der Waals surface area contributed by atoms with Crippen LogP contribution in [0.1, 0.15) is 19.3 Å². The van der Waals surface area contributed by atoms with E-state index in [1.165, 1.54) is 12.4 Å². The Bertz CT molecular complexity index is 495. The highest BCUT2D eigenvalue weighted by atomic mass is 32.2. The predicted molar refractivity (Wildman–Crippen MR) is 74.6 cm³/mol. The molecule has 108 valence electrons. The summed E-state index contributed by atoms with van der Waals surface area (Å²) in [6.07, 6.45) is 5.37. The summed E-state index contributed by atoms with van der Waals surface area (Å²) < 4.78 is 28.6. The number of thioether (sulfide) groups is 1. The molecule has 1 unspecified atom stereocenters. The van der Waals surface area contributed by atoms with E-state index in [-0.39, 0.29) is 17.5 Å². The first-order valence-corrected chi connectivity index (χ1v) is 8.99. The zero-order chi connectivity index (χ0) is 13.7. The van der Waals surface area contributed by atoms with Gasteiger partial charge in [-0.25, -0.2) is 13.1 Å². The summed E-state index contributed by atoms with van der Waals surface area (Å²) in [4.78, 5) is 0.195. The summed E-state index contributed by atoms with van der Waals surface area (Å²) in [5.74, 6) is 1.94. The topological polar surface area (TPSA) is 84.2 Å². The molecule has 0 aliphatic carbocycles. The highest BCUT2D eigenvalue weighted by Gasteiger charge is 2.23. The molecule has 1 atom stereocenters. The predicted octanol–water partition coefficient (Wildman–Crippen LogP) is 0.439. The molecule has 0 spiro atoms. The van der Waals surface area contributed by atoms with Gasteiger partial charge in [-0.2, -0.15) is 16.9 Å². The molecule has 6 nitrogen and oxygen atoms in total. The van der Waals surface area contributed by atoms with Gasteiger partial charge in [0.2, 0.25) is 10.0 Å². The minimum absolute atomic E-state index is 0.0181. The number of aliphatic hydroxyl groups is 1. The lowest BCUT2D eigenvalue weighted by atomic mass is 10.2. The van der Waals surface area contributed by atoms with Gasteiger partial charge in [0.1, 0.15) is 4.90 Å². The summed E-state index contributed by atoms with van der Waals surface area (Å²) in [5.41, 5.74) is 0. The summed E-state index contributed by atoms with van der Waals surface area (Å²) >= 11 is 1.78. The molecule has 0 saturated carbocycles. The Morgan fingerprint density at radius 3 is 3.11 bits per heavy atom. The molecule has 19 heavy (non-hydrogen) atoms. The fourth-order valence-electron chi connectivity index (χ4n) is 1.96. The first kappa shape index (κ1) is 14.8. The minimum atomic E-state index is -3.47. The summed E-state index contributed by atoms with van der Waals surface area (Å²) in [6, 6.07) is 0.0181. The molecular formula is C11H19N3O3S2.